The minimum absolute atomic E-state index is 0.0433. The van der Waals surface area contributed by atoms with Crippen molar-refractivity contribution in [1.82, 2.24) is 20.0 Å². The number of aromatic amines is 1. The first-order valence-corrected chi connectivity index (χ1v) is 10.1. The van der Waals surface area contributed by atoms with Crippen LogP contribution in [0, 0.1) is 0 Å². The molecule has 0 bridgehead atoms. The third-order valence-corrected chi connectivity index (χ3v) is 5.13. The van der Waals surface area contributed by atoms with Crippen molar-refractivity contribution in [1.29, 1.82) is 0 Å². The molecule has 3 rings (SSSR count). The molecule has 3 heterocycles. The highest BCUT2D eigenvalue weighted by Crippen LogP contribution is 2.25. The van der Waals surface area contributed by atoms with Crippen molar-refractivity contribution in [2.45, 2.75) is 31.8 Å². The zero-order valence-corrected chi connectivity index (χ0v) is 17.8. The zero-order chi connectivity index (χ0) is 23.1. The van der Waals surface area contributed by atoms with Crippen LogP contribution in [0.2, 0.25) is 0 Å². The lowest BCUT2D eigenvalue weighted by atomic mass is 10.0. The summed E-state index contributed by atoms with van der Waals surface area (Å²) >= 11 is 0. The summed E-state index contributed by atoms with van der Waals surface area (Å²) in [6.07, 6.45) is 1.77. The van der Waals surface area contributed by atoms with E-state index in [0.29, 0.717) is 31.6 Å². The number of aromatic nitrogens is 2. The average molecular weight is 451 g/mol. The smallest absolute Gasteiger partial charge is 0.410 e. The number of piperidine rings is 1. The molecule has 2 fully saturated rings. The SMILES string of the molecule is CCOC(=O)CON=C(C(=O)N1CCC(N2C(=O)OCC2C(=O)OC)CC1)c1ccn[nH]1. The molecule has 0 saturated carbocycles. The molecule has 1 aromatic heterocycles. The van der Waals surface area contributed by atoms with E-state index in [0.717, 1.165) is 0 Å². The summed E-state index contributed by atoms with van der Waals surface area (Å²) < 4.78 is 14.5. The lowest BCUT2D eigenvalue weighted by Crippen LogP contribution is -2.52. The number of esters is 2. The molecular formula is C19H25N5O8. The number of amides is 2. The molecule has 2 amide bonds. The van der Waals surface area contributed by atoms with Gasteiger partial charge in [-0.2, -0.15) is 5.10 Å². The summed E-state index contributed by atoms with van der Waals surface area (Å²) in [6, 6.07) is 0.488. The maximum Gasteiger partial charge on any atom is 0.410 e. The number of hydrogen-bond donors (Lipinski definition) is 1. The van der Waals surface area contributed by atoms with Gasteiger partial charge in [-0.3, -0.25) is 14.8 Å². The molecule has 0 aliphatic carbocycles. The van der Waals surface area contributed by atoms with Crippen LogP contribution in [0.4, 0.5) is 4.79 Å². The molecule has 2 saturated heterocycles. The average Bonchev–Trinajstić information content (AvgIpc) is 3.46. The maximum absolute atomic E-state index is 13.1. The molecule has 1 unspecified atom stereocenters. The van der Waals surface area contributed by atoms with Crippen LogP contribution in [0.15, 0.2) is 17.4 Å². The van der Waals surface area contributed by atoms with Crippen LogP contribution in [0.3, 0.4) is 0 Å². The summed E-state index contributed by atoms with van der Waals surface area (Å²) in [5, 5.41) is 10.3. The quantitative estimate of drug-likeness (QED) is 0.242. The van der Waals surface area contributed by atoms with E-state index in [1.807, 2.05) is 0 Å². The predicted molar refractivity (Wildman–Crippen MR) is 106 cm³/mol. The highest BCUT2D eigenvalue weighted by atomic mass is 16.7. The number of H-pyrrole nitrogens is 1. The number of rotatable bonds is 8. The van der Waals surface area contributed by atoms with Gasteiger partial charge in [0.15, 0.2) is 11.8 Å². The Morgan fingerprint density at radius 1 is 1.31 bits per heavy atom. The Kier molecular flexibility index (Phi) is 7.63. The second-order valence-electron chi connectivity index (χ2n) is 7.04. The van der Waals surface area contributed by atoms with Crippen LogP contribution < -0.4 is 0 Å². The van der Waals surface area contributed by atoms with Crippen LogP contribution in [0.5, 0.6) is 0 Å². The second-order valence-corrected chi connectivity index (χ2v) is 7.04. The number of cyclic esters (lactones) is 1. The molecule has 2 aliphatic rings. The van der Waals surface area contributed by atoms with Crippen LogP contribution in [-0.2, 0) is 33.4 Å². The fourth-order valence-electron chi connectivity index (χ4n) is 3.59. The lowest BCUT2D eigenvalue weighted by molar-refractivity contribution is -0.148. The van der Waals surface area contributed by atoms with Gasteiger partial charge in [-0.05, 0) is 25.8 Å². The molecule has 1 N–H and O–H groups in total. The molecule has 174 valence electrons. The van der Waals surface area contributed by atoms with Gasteiger partial charge in [-0.25, -0.2) is 14.4 Å². The normalized spacial score (nSPS) is 19.5. The second kappa shape index (κ2) is 10.6. The molecule has 32 heavy (non-hydrogen) atoms. The van der Waals surface area contributed by atoms with Gasteiger partial charge in [-0.1, -0.05) is 5.16 Å². The monoisotopic (exact) mass is 451 g/mol. The predicted octanol–water partition coefficient (Wildman–Crippen LogP) is -0.322. The maximum atomic E-state index is 13.1. The van der Waals surface area contributed by atoms with Crippen LogP contribution in [0.1, 0.15) is 25.5 Å². The van der Waals surface area contributed by atoms with Gasteiger partial charge < -0.3 is 23.9 Å². The largest absolute Gasteiger partial charge is 0.467 e. The van der Waals surface area contributed by atoms with E-state index < -0.39 is 36.6 Å². The molecular weight excluding hydrogens is 426 g/mol. The number of methoxy groups -OCH3 is 1. The van der Waals surface area contributed by atoms with Crippen molar-refractivity contribution in [3.05, 3.63) is 18.0 Å². The number of oxime groups is 1. The first-order valence-electron chi connectivity index (χ1n) is 10.1. The molecule has 1 atom stereocenters. The van der Waals surface area contributed by atoms with Gasteiger partial charge in [0, 0.05) is 25.3 Å². The van der Waals surface area contributed by atoms with Crippen molar-refractivity contribution >= 4 is 29.7 Å². The van der Waals surface area contributed by atoms with Gasteiger partial charge in [0.1, 0.15) is 6.61 Å². The van der Waals surface area contributed by atoms with Gasteiger partial charge in [0.25, 0.3) is 5.91 Å². The Labute approximate surface area is 183 Å². The van der Waals surface area contributed by atoms with Crippen molar-refractivity contribution in [3.63, 3.8) is 0 Å². The van der Waals surface area contributed by atoms with E-state index in [1.54, 1.807) is 17.9 Å². The topological polar surface area (TPSA) is 153 Å². The Balaban J connectivity index is 1.64. The van der Waals surface area contributed by atoms with Crippen molar-refractivity contribution in [2.24, 2.45) is 5.16 Å². The molecule has 13 heteroatoms. The first-order chi connectivity index (χ1) is 15.5. The summed E-state index contributed by atoms with van der Waals surface area (Å²) in [7, 11) is 1.25. The number of carbonyl (C=O) groups excluding carboxylic acids is 4. The molecule has 13 nitrogen and oxygen atoms in total. The standard InChI is InChI=1S/C19H25N5O8/c1-3-30-15(25)11-32-22-16(13-4-7-20-21-13)17(26)23-8-5-12(6-9-23)24-14(18(27)29-2)10-31-19(24)28/h4,7,12,14H,3,5-6,8-11H2,1-2H3,(H,20,21). The number of ether oxygens (including phenoxy) is 3. The van der Waals surface area contributed by atoms with E-state index in [2.05, 4.69) is 15.4 Å². The Morgan fingerprint density at radius 2 is 2.06 bits per heavy atom. The van der Waals surface area contributed by atoms with Crippen molar-refractivity contribution in [3.8, 4) is 0 Å². The number of hydrogen-bond acceptors (Lipinski definition) is 10. The van der Waals surface area contributed by atoms with E-state index >= 15 is 0 Å². The Morgan fingerprint density at radius 3 is 2.69 bits per heavy atom. The lowest BCUT2D eigenvalue weighted by Gasteiger charge is -2.37. The van der Waals surface area contributed by atoms with E-state index in [9.17, 15) is 19.2 Å². The van der Waals surface area contributed by atoms with Gasteiger partial charge >= 0.3 is 18.0 Å². The third-order valence-electron chi connectivity index (χ3n) is 5.13. The van der Waals surface area contributed by atoms with Crippen LogP contribution in [0.25, 0.3) is 0 Å². The van der Waals surface area contributed by atoms with Crippen molar-refractivity contribution in [2.75, 3.05) is 40.0 Å². The molecule has 2 aliphatic heterocycles. The van der Waals surface area contributed by atoms with Gasteiger partial charge in [-0.15, -0.1) is 0 Å². The van der Waals surface area contributed by atoms with Gasteiger partial charge in [0.05, 0.1) is 19.4 Å². The zero-order valence-electron chi connectivity index (χ0n) is 17.8. The minimum Gasteiger partial charge on any atom is -0.467 e. The van der Waals surface area contributed by atoms with Crippen LogP contribution in [-0.4, -0.2) is 102 Å². The minimum atomic E-state index is -0.793. The molecule has 1 aromatic rings. The van der Waals surface area contributed by atoms with E-state index in [4.69, 9.17) is 19.0 Å². The fourth-order valence-corrected chi connectivity index (χ4v) is 3.59. The summed E-state index contributed by atoms with van der Waals surface area (Å²) in [6.45, 7) is 2.00. The fraction of sp³-hybridized carbons (Fsp3) is 0.579. The third kappa shape index (κ3) is 5.15. The molecule has 0 spiro atoms. The summed E-state index contributed by atoms with van der Waals surface area (Å²) in [5.41, 5.74) is 0.285. The highest BCUT2D eigenvalue weighted by molar-refractivity contribution is 6.44. The molecule has 0 aromatic carbocycles. The number of nitrogens with one attached hydrogen (secondary N) is 1. The Bertz CT molecular complexity index is 863. The molecule has 0 radical (unpaired) electrons. The van der Waals surface area contributed by atoms with Crippen molar-refractivity contribution < 1.29 is 38.2 Å². The summed E-state index contributed by atoms with van der Waals surface area (Å²) in [4.78, 5) is 56.6. The first kappa shape index (κ1) is 23.0. The summed E-state index contributed by atoms with van der Waals surface area (Å²) in [5.74, 6) is -1.57. The number of carbonyl (C=O) groups is 4. The number of nitrogens with zero attached hydrogens (tertiary/aromatic N) is 4. The van der Waals surface area contributed by atoms with E-state index in [-0.39, 0.29) is 25.0 Å². The highest BCUT2D eigenvalue weighted by Gasteiger charge is 2.44. The number of likely N-dealkylation sites (tertiary alicyclic amines) is 1. The van der Waals surface area contributed by atoms with Crippen LogP contribution >= 0.6 is 0 Å². The Hall–Kier alpha value is -3.64. The van der Waals surface area contributed by atoms with E-state index in [1.165, 1.54) is 18.2 Å². The van der Waals surface area contributed by atoms with Gasteiger partial charge in [0.2, 0.25) is 6.61 Å².